The van der Waals surface area contributed by atoms with Crippen LogP contribution in [0.15, 0.2) is 28.7 Å². The van der Waals surface area contributed by atoms with Gasteiger partial charge in [0.25, 0.3) is 0 Å². The Morgan fingerprint density at radius 1 is 1.38 bits per heavy atom. The smallest absolute Gasteiger partial charge is 0.164 e. The van der Waals surface area contributed by atoms with Crippen LogP contribution in [-0.4, -0.2) is 35.4 Å². The van der Waals surface area contributed by atoms with Gasteiger partial charge in [0, 0.05) is 41.2 Å². The fourth-order valence-corrected chi connectivity index (χ4v) is 2.97. The van der Waals surface area contributed by atoms with Crippen molar-refractivity contribution in [3.63, 3.8) is 0 Å². The van der Waals surface area contributed by atoms with E-state index in [2.05, 4.69) is 20.8 Å². The maximum absolute atomic E-state index is 11.9. The van der Waals surface area contributed by atoms with Crippen molar-refractivity contribution >= 4 is 33.5 Å². The highest BCUT2D eigenvalue weighted by Gasteiger charge is 2.13. The summed E-state index contributed by atoms with van der Waals surface area (Å²) in [7, 11) is 0. The molecule has 2 nitrogen and oxygen atoms in total. The van der Waals surface area contributed by atoms with Crippen molar-refractivity contribution in [2.75, 3.05) is 24.7 Å². The molecule has 0 aromatic heterocycles. The minimum absolute atomic E-state index is 0.240. The summed E-state index contributed by atoms with van der Waals surface area (Å²) in [5, 5.41) is 0. The Morgan fingerprint density at radius 3 is 2.75 bits per heavy atom. The summed E-state index contributed by atoms with van der Waals surface area (Å²) in [5.41, 5.74) is 0.815. The van der Waals surface area contributed by atoms with Crippen LogP contribution in [0.2, 0.25) is 0 Å². The van der Waals surface area contributed by atoms with Gasteiger partial charge < -0.3 is 0 Å². The van der Waals surface area contributed by atoms with Crippen LogP contribution in [0.4, 0.5) is 0 Å². The Morgan fingerprint density at radius 2 is 2.12 bits per heavy atom. The third-order valence-corrected chi connectivity index (χ3v) is 4.19. The second kappa shape index (κ2) is 5.84. The average molecular weight is 300 g/mol. The van der Waals surface area contributed by atoms with Gasteiger partial charge in [-0.2, -0.15) is 0 Å². The summed E-state index contributed by atoms with van der Waals surface area (Å²) in [6.07, 6.45) is 0.627. The summed E-state index contributed by atoms with van der Waals surface area (Å²) < 4.78 is 1.01. The van der Waals surface area contributed by atoms with Crippen LogP contribution in [0.5, 0.6) is 0 Å². The lowest BCUT2D eigenvalue weighted by atomic mass is 10.1. The van der Waals surface area contributed by atoms with E-state index in [-0.39, 0.29) is 5.78 Å². The summed E-state index contributed by atoms with van der Waals surface area (Å²) in [4.78, 5) is 14.2. The largest absolute Gasteiger partial charge is 0.294 e. The molecule has 16 heavy (non-hydrogen) atoms. The zero-order valence-corrected chi connectivity index (χ0v) is 11.4. The summed E-state index contributed by atoms with van der Waals surface area (Å²) in [6.45, 7) is 2.01. The first-order valence-electron chi connectivity index (χ1n) is 5.34. The van der Waals surface area contributed by atoms with Crippen LogP contribution < -0.4 is 0 Å². The van der Waals surface area contributed by atoms with Gasteiger partial charge >= 0.3 is 0 Å². The minimum atomic E-state index is 0.240. The molecule has 0 spiro atoms. The Balaban J connectivity index is 1.85. The number of rotatable bonds is 4. The van der Waals surface area contributed by atoms with Crippen LogP contribution in [0.1, 0.15) is 16.8 Å². The van der Waals surface area contributed by atoms with Gasteiger partial charge in [0.2, 0.25) is 0 Å². The van der Waals surface area contributed by atoms with Gasteiger partial charge in [0.05, 0.1) is 0 Å². The molecule has 2 rings (SSSR count). The summed E-state index contributed by atoms with van der Waals surface area (Å²) in [6, 6.07) is 7.59. The van der Waals surface area contributed by atoms with Gasteiger partial charge in [0.1, 0.15) is 0 Å². The van der Waals surface area contributed by atoms with Crippen LogP contribution in [0.25, 0.3) is 0 Å². The lowest BCUT2D eigenvalue weighted by molar-refractivity contribution is 0.0970. The van der Waals surface area contributed by atoms with E-state index in [1.165, 1.54) is 5.75 Å². The topological polar surface area (TPSA) is 20.3 Å². The van der Waals surface area contributed by atoms with Gasteiger partial charge in [-0.05, 0) is 12.1 Å². The highest BCUT2D eigenvalue weighted by molar-refractivity contribution is 9.10. The fraction of sp³-hybridized carbons (Fsp3) is 0.417. The molecular formula is C12H14BrNOS. The Hall–Kier alpha value is -0.320. The van der Waals surface area contributed by atoms with Gasteiger partial charge in [-0.1, -0.05) is 28.1 Å². The molecule has 0 unspecified atom stereocenters. The average Bonchev–Trinajstić information content (AvgIpc) is 2.80. The molecule has 0 atom stereocenters. The molecule has 1 aromatic carbocycles. The first-order valence-corrected chi connectivity index (χ1v) is 7.29. The first kappa shape index (κ1) is 12.1. The second-order valence-electron chi connectivity index (χ2n) is 3.84. The number of ketones is 1. The Bertz CT molecular complexity index is 360. The molecule has 86 valence electrons. The minimum Gasteiger partial charge on any atom is -0.294 e. The lowest BCUT2D eigenvalue weighted by Crippen LogP contribution is -2.22. The highest BCUT2D eigenvalue weighted by Crippen LogP contribution is 2.15. The fourth-order valence-electron chi connectivity index (χ4n) is 1.67. The molecule has 1 aliphatic rings. The zero-order valence-electron chi connectivity index (χ0n) is 8.99. The van der Waals surface area contributed by atoms with E-state index >= 15 is 0 Å². The van der Waals surface area contributed by atoms with E-state index in [1.807, 2.05) is 36.0 Å². The van der Waals surface area contributed by atoms with Gasteiger partial charge in [-0.15, -0.1) is 11.8 Å². The normalized spacial score (nSPS) is 16.6. The molecular weight excluding hydrogens is 286 g/mol. The molecule has 0 amide bonds. The number of nitrogens with zero attached hydrogens (tertiary/aromatic N) is 1. The SMILES string of the molecule is O=C(CCN1CCSC1)c1ccc(Br)cc1. The quantitative estimate of drug-likeness (QED) is 0.797. The number of hydrogen-bond donors (Lipinski definition) is 0. The van der Waals surface area contributed by atoms with Gasteiger partial charge in [-0.25, -0.2) is 0 Å². The molecule has 0 bridgehead atoms. The van der Waals surface area contributed by atoms with Crippen molar-refractivity contribution in [2.24, 2.45) is 0 Å². The molecule has 1 fully saturated rings. The van der Waals surface area contributed by atoms with E-state index in [0.29, 0.717) is 6.42 Å². The number of hydrogen-bond acceptors (Lipinski definition) is 3. The summed E-state index contributed by atoms with van der Waals surface area (Å²) in [5.74, 6) is 2.52. The molecule has 0 saturated carbocycles. The van der Waals surface area contributed by atoms with E-state index < -0.39 is 0 Å². The van der Waals surface area contributed by atoms with Gasteiger partial charge in [-0.3, -0.25) is 9.69 Å². The van der Waals surface area contributed by atoms with Crippen molar-refractivity contribution in [1.82, 2.24) is 4.90 Å². The maximum atomic E-state index is 11.9. The highest BCUT2D eigenvalue weighted by atomic mass is 79.9. The zero-order chi connectivity index (χ0) is 11.4. The number of Topliss-reactive ketones (excluding diaryl/α,β-unsaturated/α-hetero) is 1. The number of halogens is 1. The van der Waals surface area contributed by atoms with Crippen LogP contribution >= 0.6 is 27.7 Å². The third kappa shape index (κ3) is 3.34. The van der Waals surface area contributed by atoms with Crippen molar-refractivity contribution in [2.45, 2.75) is 6.42 Å². The second-order valence-corrected chi connectivity index (χ2v) is 5.83. The number of thioether (sulfide) groups is 1. The third-order valence-electron chi connectivity index (χ3n) is 2.65. The van der Waals surface area contributed by atoms with Crippen molar-refractivity contribution in [3.8, 4) is 0 Å². The predicted molar refractivity (Wildman–Crippen MR) is 72.0 cm³/mol. The molecule has 1 heterocycles. The van der Waals surface area contributed by atoms with Crippen LogP contribution in [-0.2, 0) is 0 Å². The molecule has 1 saturated heterocycles. The standard InChI is InChI=1S/C12H14BrNOS/c13-11-3-1-10(2-4-11)12(15)5-6-14-7-8-16-9-14/h1-4H,5-9H2. The maximum Gasteiger partial charge on any atom is 0.164 e. The predicted octanol–water partition coefficient (Wildman–Crippen LogP) is 3.03. The Labute approximate surface area is 109 Å². The molecule has 4 heteroatoms. The monoisotopic (exact) mass is 299 g/mol. The number of carbonyl (C=O) groups excluding carboxylic acids is 1. The van der Waals surface area contributed by atoms with Crippen molar-refractivity contribution < 1.29 is 4.79 Å². The molecule has 0 aliphatic carbocycles. The van der Waals surface area contributed by atoms with Crippen molar-refractivity contribution in [3.05, 3.63) is 34.3 Å². The Kier molecular flexibility index (Phi) is 4.44. The van der Waals surface area contributed by atoms with E-state index in [4.69, 9.17) is 0 Å². The van der Waals surface area contributed by atoms with E-state index in [0.717, 1.165) is 29.0 Å². The number of carbonyl (C=O) groups is 1. The van der Waals surface area contributed by atoms with Gasteiger partial charge in [0.15, 0.2) is 5.78 Å². The van der Waals surface area contributed by atoms with Crippen molar-refractivity contribution in [1.29, 1.82) is 0 Å². The van der Waals surface area contributed by atoms with E-state index in [1.54, 1.807) is 0 Å². The molecule has 0 radical (unpaired) electrons. The molecule has 0 N–H and O–H groups in total. The van der Waals surface area contributed by atoms with Crippen LogP contribution in [0, 0.1) is 0 Å². The van der Waals surface area contributed by atoms with E-state index in [9.17, 15) is 4.79 Å². The molecule has 1 aliphatic heterocycles. The lowest BCUT2D eigenvalue weighted by Gasteiger charge is -2.12. The first-order chi connectivity index (χ1) is 7.75. The van der Waals surface area contributed by atoms with Crippen LogP contribution in [0.3, 0.4) is 0 Å². The summed E-state index contributed by atoms with van der Waals surface area (Å²) >= 11 is 5.31. The molecule has 1 aromatic rings. The number of benzene rings is 1.